The highest BCUT2D eigenvalue weighted by Gasteiger charge is 2.27. The largest absolute Gasteiger partial charge is 0.339 e. The Morgan fingerprint density at radius 1 is 1.32 bits per heavy atom. The molecular formula is C15H19ClFNO. The fourth-order valence-electron chi connectivity index (χ4n) is 2.46. The van der Waals surface area contributed by atoms with Gasteiger partial charge in [-0.25, -0.2) is 4.39 Å². The Morgan fingerprint density at radius 2 is 2.05 bits per heavy atom. The number of halogens is 2. The van der Waals surface area contributed by atoms with Crippen molar-refractivity contribution in [1.29, 1.82) is 0 Å². The van der Waals surface area contributed by atoms with Gasteiger partial charge in [0.1, 0.15) is 5.82 Å². The van der Waals surface area contributed by atoms with Crippen LogP contribution >= 0.6 is 11.6 Å². The van der Waals surface area contributed by atoms with Gasteiger partial charge in [-0.15, -0.1) is 0 Å². The standard InChI is InChI=1S/C15H19ClFNO/c1-15(2)6-3-8-18(9-7-15)14(19)12-10-11(16)4-5-13(12)17/h4-5,10H,3,6-9H2,1-2H3. The van der Waals surface area contributed by atoms with Crippen molar-refractivity contribution in [2.45, 2.75) is 33.1 Å². The van der Waals surface area contributed by atoms with E-state index in [0.29, 0.717) is 18.1 Å². The van der Waals surface area contributed by atoms with Crippen molar-refractivity contribution in [1.82, 2.24) is 4.90 Å². The molecule has 2 nitrogen and oxygen atoms in total. The predicted molar refractivity (Wildman–Crippen MR) is 74.9 cm³/mol. The van der Waals surface area contributed by atoms with Crippen molar-refractivity contribution in [2.75, 3.05) is 13.1 Å². The van der Waals surface area contributed by atoms with E-state index in [4.69, 9.17) is 11.6 Å². The summed E-state index contributed by atoms with van der Waals surface area (Å²) in [5, 5.41) is 0.389. The first-order valence-electron chi connectivity index (χ1n) is 6.63. The van der Waals surface area contributed by atoms with E-state index in [0.717, 1.165) is 19.3 Å². The van der Waals surface area contributed by atoms with Gasteiger partial charge in [-0.2, -0.15) is 0 Å². The molecule has 1 fully saturated rings. The summed E-state index contributed by atoms with van der Waals surface area (Å²) in [5.41, 5.74) is 0.328. The number of carbonyl (C=O) groups is 1. The van der Waals surface area contributed by atoms with Crippen LogP contribution in [-0.4, -0.2) is 23.9 Å². The summed E-state index contributed by atoms with van der Waals surface area (Å²) in [6.45, 7) is 5.79. The number of likely N-dealkylation sites (tertiary alicyclic amines) is 1. The molecule has 0 atom stereocenters. The molecule has 1 aliphatic rings. The second-order valence-corrected chi connectivity index (χ2v) is 6.37. The first-order chi connectivity index (χ1) is 8.89. The lowest BCUT2D eigenvalue weighted by atomic mass is 9.85. The smallest absolute Gasteiger partial charge is 0.256 e. The summed E-state index contributed by atoms with van der Waals surface area (Å²) in [4.78, 5) is 14.1. The van der Waals surface area contributed by atoms with Gasteiger partial charge in [-0.3, -0.25) is 4.79 Å². The first-order valence-corrected chi connectivity index (χ1v) is 7.01. The zero-order valence-corrected chi connectivity index (χ0v) is 12.1. The van der Waals surface area contributed by atoms with E-state index in [1.807, 2.05) is 0 Å². The second kappa shape index (κ2) is 5.49. The minimum atomic E-state index is -0.502. The Balaban J connectivity index is 2.17. The first kappa shape index (κ1) is 14.3. The Morgan fingerprint density at radius 3 is 2.79 bits per heavy atom. The molecule has 0 radical (unpaired) electrons. The molecule has 0 aromatic heterocycles. The molecule has 1 aromatic rings. The van der Waals surface area contributed by atoms with Crippen LogP contribution in [-0.2, 0) is 0 Å². The van der Waals surface area contributed by atoms with E-state index >= 15 is 0 Å². The number of benzene rings is 1. The molecule has 1 heterocycles. The lowest BCUT2D eigenvalue weighted by Gasteiger charge is -2.23. The van der Waals surface area contributed by atoms with Crippen LogP contribution in [0.2, 0.25) is 5.02 Å². The Kier molecular flexibility index (Phi) is 4.14. The second-order valence-electron chi connectivity index (χ2n) is 5.93. The molecule has 0 spiro atoms. The summed E-state index contributed by atoms with van der Waals surface area (Å²) in [6, 6.07) is 4.12. The number of amides is 1. The highest BCUT2D eigenvalue weighted by Crippen LogP contribution is 2.30. The molecule has 0 saturated carbocycles. The van der Waals surface area contributed by atoms with Crippen molar-refractivity contribution in [2.24, 2.45) is 5.41 Å². The molecule has 0 aliphatic carbocycles. The summed E-state index contributed by atoms with van der Waals surface area (Å²) in [7, 11) is 0. The van der Waals surface area contributed by atoms with Crippen molar-refractivity contribution < 1.29 is 9.18 Å². The average Bonchev–Trinajstić information content (AvgIpc) is 2.52. The zero-order valence-electron chi connectivity index (χ0n) is 11.4. The normalized spacial score (nSPS) is 19.1. The number of nitrogens with zero attached hydrogens (tertiary/aromatic N) is 1. The molecule has 0 bridgehead atoms. The van der Waals surface area contributed by atoms with Gasteiger partial charge in [0.25, 0.3) is 5.91 Å². The summed E-state index contributed by atoms with van der Waals surface area (Å²) < 4.78 is 13.7. The van der Waals surface area contributed by atoms with E-state index in [-0.39, 0.29) is 16.9 Å². The van der Waals surface area contributed by atoms with Gasteiger partial charge in [-0.05, 0) is 42.9 Å². The van der Waals surface area contributed by atoms with Crippen LogP contribution in [0.15, 0.2) is 18.2 Å². The SMILES string of the molecule is CC1(C)CCCN(C(=O)c2cc(Cl)ccc2F)CC1. The number of hydrogen-bond acceptors (Lipinski definition) is 1. The third-order valence-corrected chi connectivity index (χ3v) is 4.02. The Bertz CT molecular complexity index is 487. The van der Waals surface area contributed by atoms with E-state index in [2.05, 4.69) is 13.8 Å². The minimum Gasteiger partial charge on any atom is -0.339 e. The van der Waals surface area contributed by atoms with E-state index in [1.54, 1.807) is 4.90 Å². The monoisotopic (exact) mass is 283 g/mol. The predicted octanol–water partition coefficient (Wildman–Crippen LogP) is 4.13. The quantitative estimate of drug-likeness (QED) is 0.759. The van der Waals surface area contributed by atoms with Gasteiger partial charge in [0.2, 0.25) is 0 Å². The number of carbonyl (C=O) groups excluding carboxylic acids is 1. The van der Waals surface area contributed by atoms with Gasteiger partial charge < -0.3 is 4.90 Å². The lowest BCUT2D eigenvalue weighted by molar-refractivity contribution is 0.0752. The molecule has 1 aliphatic heterocycles. The summed E-state index contributed by atoms with van der Waals surface area (Å²) >= 11 is 5.84. The Labute approximate surface area is 118 Å². The molecule has 0 N–H and O–H groups in total. The highest BCUT2D eigenvalue weighted by molar-refractivity contribution is 6.31. The van der Waals surface area contributed by atoms with Crippen LogP contribution in [0.1, 0.15) is 43.5 Å². The third-order valence-electron chi connectivity index (χ3n) is 3.79. The number of hydrogen-bond donors (Lipinski definition) is 0. The minimum absolute atomic E-state index is 0.0761. The Hall–Kier alpha value is -1.09. The lowest BCUT2D eigenvalue weighted by Crippen LogP contribution is -2.33. The van der Waals surface area contributed by atoms with E-state index < -0.39 is 5.82 Å². The van der Waals surface area contributed by atoms with Gasteiger partial charge >= 0.3 is 0 Å². The molecule has 1 saturated heterocycles. The van der Waals surface area contributed by atoms with Gasteiger partial charge in [0.05, 0.1) is 5.56 Å². The zero-order chi connectivity index (χ0) is 14.0. The maximum Gasteiger partial charge on any atom is 0.256 e. The fourth-order valence-corrected chi connectivity index (χ4v) is 2.63. The van der Waals surface area contributed by atoms with Crippen molar-refractivity contribution >= 4 is 17.5 Å². The number of rotatable bonds is 1. The van der Waals surface area contributed by atoms with Crippen LogP contribution < -0.4 is 0 Å². The van der Waals surface area contributed by atoms with Crippen LogP contribution in [0.5, 0.6) is 0 Å². The van der Waals surface area contributed by atoms with E-state index in [9.17, 15) is 9.18 Å². The van der Waals surface area contributed by atoms with Gasteiger partial charge in [-0.1, -0.05) is 25.4 Å². The summed E-state index contributed by atoms with van der Waals surface area (Å²) in [6.07, 6.45) is 3.00. The third kappa shape index (κ3) is 3.47. The molecule has 104 valence electrons. The van der Waals surface area contributed by atoms with Crippen molar-refractivity contribution in [3.63, 3.8) is 0 Å². The molecule has 19 heavy (non-hydrogen) atoms. The van der Waals surface area contributed by atoms with Gasteiger partial charge in [0.15, 0.2) is 0 Å². The van der Waals surface area contributed by atoms with Gasteiger partial charge in [0, 0.05) is 18.1 Å². The van der Waals surface area contributed by atoms with E-state index in [1.165, 1.54) is 18.2 Å². The molecule has 4 heteroatoms. The maximum absolute atomic E-state index is 13.7. The van der Waals surface area contributed by atoms with Crippen molar-refractivity contribution in [3.05, 3.63) is 34.6 Å². The van der Waals surface area contributed by atoms with Crippen LogP contribution in [0.25, 0.3) is 0 Å². The average molecular weight is 284 g/mol. The van der Waals surface area contributed by atoms with Crippen molar-refractivity contribution in [3.8, 4) is 0 Å². The molecule has 1 amide bonds. The molecule has 2 rings (SSSR count). The van der Waals surface area contributed by atoms with Crippen LogP contribution in [0.4, 0.5) is 4.39 Å². The summed E-state index contributed by atoms with van der Waals surface area (Å²) in [5.74, 6) is -0.754. The molecule has 1 aromatic carbocycles. The van der Waals surface area contributed by atoms with Crippen LogP contribution in [0, 0.1) is 11.2 Å². The topological polar surface area (TPSA) is 20.3 Å². The fraction of sp³-hybridized carbons (Fsp3) is 0.533. The van der Waals surface area contributed by atoms with Crippen LogP contribution in [0.3, 0.4) is 0 Å². The highest BCUT2D eigenvalue weighted by atomic mass is 35.5. The molecule has 0 unspecified atom stereocenters. The molecular weight excluding hydrogens is 265 g/mol. The maximum atomic E-state index is 13.7.